The summed E-state index contributed by atoms with van der Waals surface area (Å²) in [4.78, 5) is 0. The van der Waals surface area contributed by atoms with Crippen LogP contribution in [0.2, 0.25) is 0 Å². The first-order valence-electron chi connectivity index (χ1n) is 9.25. The van der Waals surface area contributed by atoms with Crippen LogP contribution >= 0.6 is 0 Å². The van der Waals surface area contributed by atoms with Crippen LogP contribution < -0.4 is 5.84 Å². The van der Waals surface area contributed by atoms with E-state index in [1.165, 1.54) is 0 Å². The van der Waals surface area contributed by atoms with Crippen LogP contribution in [0.25, 0.3) is 65.7 Å². The Balaban J connectivity index is 1.88. The van der Waals surface area contributed by atoms with Gasteiger partial charge in [0, 0.05) is 32.3 Å². The molecular formula is C24H14N2O2. The number of para-hydroxylation sites is 2. The molecular weight excluding hydrogens is 348 g/mol. The summed E-state index contributed by atoms with van der Waals surface area (Å²) in [7, 11) is 0. The summed E-state index contributed by atoms with van der Waals surface area (Å²) in [5.41, 5.74) is 5.45. The van der Waals surface area contributed by atoms with Gasteiger partial charge in [0.15, 0.2) is 0 Å². The van der Waals surface area contributed by atoms with E-state index < -0.39 is 0 Å². The maximum Gasteiger partial charge on any atom is 0.136 e. The van der Waals surface area contributed by atoms with E-state index in [2.05, 4.69) is 12.1 Å². The average Bonchev–Trinajstić information content (AvgIpc) is 3.37. The van der Waals surface area contributed by atoms with E-state index in [0.29, 0.717) is 0 Å². The molecule has 0 saturated carbocycles. The van der Waals surface area contributed by atoms with Crippen molar-refractivity contribution < 1.29 is 8.83 Å². The Hall–Kier alpha value is -3.92. The van der Waals surface area contributed by atoms with Gasteiger partial charge in [-0.15, -0.1) is 0 Å². The fraction of sp³-hybridized carbons (Fsp3) is 0. The molecule has 4 nitrogen and oxygen atoms in total. The SMILES string of the molecule is Nn1c2ccccc2c2c3c(ccc21)oc1ccc2oc4ccccc4c2c13. The van der Waals surface area contributed by atoms with Crippen molar-refractivity contribution in [1.82, 2.24) is 4.68 Å². The molecule has 28 heavy (non-hydrogen) atoms. The molecule has 0 aliphatic heterocycles. The van der Waals surface area contributed by atoms with Gasteiger partial charge in [-0.3, -0.25) is 4.68 Å². The summed E-state index contributed by atoms with van der Waals surface area (Å²) < 4.78 is 14.1. The van der Waals surface area contributed by atoms with Crippen LogP contribution in [-0.4, -0.2) is 4.68 Å². The molecule has 0 radical (unpaired) electrons. The first-order valence-corrected chi connectivity index (χ1v) is 9.25. The first kappa shape index (κ1) is 14.2. The van der Waals surface area contributed by atoms with Gasteiger partial charge < -0.3 is 14.7 Å². The summed E-state index contributed by atoms with van der Waals surface area (Å²) in [6.07, 6.45) is 0. The second kappa shape index (κ2) is 4.67. The molecule has 4 heteroatoms. The highest BCUT2D eigenvalue weighted by Gasteiger charge is 2.20. The van der Waals surface area contributed by atoms with Crippen molar-refractivity contribution in [2.24, 2.45) is 0 Å². The highest BCUT2D eigenvalue weighted by atomic mass is 16.3. The zero-order valence-corrected chi connectivity index (χ0v) is 14.8. The maximum absolute atomic E-state index is 6.43. The largest absolute Gasteiger partial charge is 0.456 e. The standard InChI is InChI=1S/C24H14N2O2/c25-26-15-7-3-1-5-13(15)21-16(26)9-10-19-23(21)24-20(28-19)12-11-18-22(24)14-6-2-4-8-17(14)27-18/h1-12H,25H2. The molecule has 3 aromatic heterocycles. The molecule has 0 atom stereocenters. The number of hydrogen-bond acceptors (Lipinski definition) is 3. The lowest BCUT2D eigenvalue weighted by Crippen LogP contribution is -2.06. The Morgan fingerprint density at radius 3 is 1.96 bits per heavy atom. The highest BCUT2D eigenvalue weighted by molar-refractivity contribution is 6.34. The molecule has 0 aliphatic rings. The summed E-state index contributed by atoms with van der Waals surface area (Å²) >= 11 is 0. The maximum atomic E-state index is 6.43. The van der Waals surface area contributed by atoms with Gasteiger partial charge in [-0.25, -0.2) is 0 Å². The zero-order chi connectivity index (χ0) is 18.4. The van der Waals surface area contributed by atoms with E-state index in [4.69, 9.17) is 14.7 Å². The smallest absolute Gasteiger partial charge is 0.136 e. The predicted molar refractivity (Wildman–Crippen MR) is 114 cm³/mol. The van der Waals surface area contributed by atoms with Crippen LogP contribution in [0.3, 0.4) is 0 Å². The molecule has 0 saturated heterocycles. The monoisotopic (exact) mass is 362 g/mol. The minimum absolute atomic E-state index is 0.857. The quantitative estimate of drug-likeness (QED) is 0.322. The van der Waals surface area contributed by atoms with Crippen molar-refractivity contribution in [3.8, 4) is 0 Å². The molecule has 3 heterocycles. The van der Waals surface area contributed by atoms with Crippen LogP contribution in [0, 0.1) is 0 Å². The molecule has 0 fully saturated rings. The lowest BCUT2D eigenvalue weighted by atomic mass is 10.0. The third-order valence-corrected chi connectivity index (χ3v) is 5.81. The van der Waals surface area contributed by atoms with Crippen molar-refractivity contribution in [1.29, 1.82) is 0 Å². The Morgan fingerprint density at radius 1 is 0.500 bits per heavy atom. The van der Waals surface area contributed by atoms with Crippen LogP contribution in [0.15, 0.2) is 81.6 Å². The van der Waals surface area contributed by atoms with E-state index in [1.54, 1.807) is 4.68 Å². The fourth-order valence-electron chi connectivity index (χ4n) is 4.65. The third-order valence-electron chi connectivity index (χ3n) is 5.81. The molecule has 0 amide bonds. The number of benzene rings is 4. The lowest BCUT2D eigenvalue weighted by molar-refractivity contribution is 0.663. The number of nitrogens with two attached hydrogens (primary N) is 1. The van der Waals surface area contributed by atoms with Gasteiger partial charge in [0.25, 0.3) is 0 Å². The molecule has 0 spiro atoms. The number of furan rings is 2. The van der Waals surface area contributed by atoms with Gasteiger partial charge in [-0.1, -0.05) is 36.4 Å². The predicted octanol–water partition coefficient (Wildman–Crippen LogP) is 6.31. The summed E-state index contributed by atoms with van der Waals surface area (Å²) in [5, 5.41) is 6.60. The second-order valence-electron chi connectivity index (χ2n) is 7.23. The third kappa shape index (κ3) is 1.53. The molecule has 132 valence electrons. The molecule has 0 aliphatic carbocycles. The fourth-order valence-corrected chi connectivity index (χ4v) is 4.65. The number of nitrogen functional groups attached to an aromatic ring is 1. The number of rotatable bonds is 0. The molecule has 2 N–H and O–H groups in total. The van der Waals surface area contributed by atoms with Gasteiger partial charge in [0.2, 0.25) is 0 Å². The van der Waals surface area contributed by atoms with E-state index in [-0.39, 0.29) is 0 Å². The van der Waals surface area contributed by atoms with Crippen molar-refractivity contribution in [3.63, 3.8) is 0 Å². The normalized spacial score (nSPS) is 12.4. The summed E-state index contributed by atoms with van der Waals surface area (Å²) in [6, 6.07) is 24.4. The molecule has 0 bridgehead atoms. The Morgan fingerprint density at radius 2 is 1.11 bits per heavy atom. The number of fused-ring (bicyclic) bond motifs is 11. The number of aromatic nitrogens is 1. The van der Waals surface area contributed by atoms with Crippen LogP contribution in [0.5, 0.6) is 0 Å². The number of hydrogen-bond donors (Lipinski definition) is 1. The molecule has 7 rings (SSSR count). The van der Waals surface area contributed by atoms with Crippen LogP contribution in [0.1, 0.15) is 0 Å². The highest BCUT2D eigenvalue weighted by Crippen LogP contribution is 2.44. The van der Waals surface area contributed by atoms with E-state index in [0.717, 1.165) is 65.7 Å². The van der Waals surface area contributed by atoms with Gasteiger partial charge in [-0.05, 0) is 36.4 Å². The van der Waals surface area contributed by atoms with Crippen molar-refractivity contribution in [2.45, 2.75) is 0 Å². The van der Waals surface area contributed by atoms with Gasteiger partial charge in [0.1, 0.15) is 22.3 Å². The van der Waals surface area contributed by atoms with Gasteiger partial charge in [-0.2, -0.15) is 0 Å². The van der Waals surface area contributed by atoms with Crippen LogP contribution in [0.4, 0.5) is 0 Å². The lowest BCUT2D eigenvalue weighted by Gasteiger charge is -1.98. The Labute approximate surface area is 158 Å². The summed E-state index contributed by atoms with van der Waals surface area (Å²) in [6.45, 7) is 0. The number of nitrogens with zero attached hydrogens (tertiary/aromatic N) is 1. The van der Waals surface area contributed by atoms with Crippen molar-refractivity contribution in [3.05, 3.63) is 72.8 Å². The zero-order valence-electron chi connectivity index (χ0n) is 14.8. The Kier molecular flexibility index (Phi) is 2.37. The molecule has 0 unspecified atom stereocenters. The van der Waals surface area contributed by atoms with Gasteiger partial charge >= 0.3 is 0 Å². The second-order valence-corrected chi connectivity index (χ2v) is 7.23. The van der Waals surface area contributed by atoms with E-state index in [1.807, 2.05) is 60.7 Å². The summed E-state index contributed by atoms with van der Waals surface area (Å²) in [5.74, 6) is 6.43. The van der Waals surface area contributed by atoms with Crippen molar-refractivity contribution in [2.75, 3.05) is 5.84 Å². The average molecular weight is 362 g/mol. The van der Waals surface area contributed by atoms with E-state index >= 15 is 0 Å². The molecule has 4 aromatic carbocycles. The first-order chi connectivity index (χ1) is 13.8. The minimum Gasteiger partial charge on any atom is -0.456 e. The topological polar surface area (TPSA) is 57.2 Å². The Bertz CT molecular complexity index is 1730. The van der Waals surface area contributed by atoms with Crippen LogP contribution in [-0.2, 0) is 0 Å². The minimum atomic E-state index is 0.857. The van der Waals surface area contributed by atoms with E-state index in [9.17, 15) is 0 Å². The molecule has 7 aromatic rings. The van der Waals surface area contributed by atoms with Gasteiger partial charge in [0.05, 0.1) is 11.0 Å². The van der Waals surface area contributed by atoms with Crippen molar-refractivity contribution >= 4 is 65.7 Å².